The van der Waals surface area contributed by atoms with Gasteiger partial charge in [0.25, 0.3) is 11.6 Å². The fraction of sp³-hybridized carbons (Fsp3) is 0.190. The van der Waals surface area contributed by atoms with E-state index in [2.05, 4.69) is 10.3 Å². The Kier molecular flexibility index (Phi) is 5.28. The molecule has 3 aromatic rings. The molecule has 8 nitrogen and oxygen atoms in total. The maximum absolute atomic E-state index is 12.5. The fourth-order valence-electron chi connectivity index (χ4n) is 3.31. The molecule has 1 aromatic heterocycles. The summed E-state index contributed by atoms with van der Waals surface area (Å²) in [4.78, 5) is 41.2. The van der Waals surface area contributed by atoms with E-state index >= 15 is 0 Å². The Bertz CT molecular complexity index is 1140. The van der Waals surface area contributed by atoms with Crippen LogP contribution in [0.3, 0.4) is 0 Å². The Morgan fingerprint density at radius 3 is 2.67 bits per heavy atom. The Labute approximate surface area is 176 Å². The standard InChI is InChI=1S/C21H18N4O4S/c1-13-4-5-15(11-18(13)25(28)29)17-12-30-21(22-17)23-20(27)14-6-8-16(9-7-14)24-10-2-3-19(24)26/h4-9,11-12H,2-3,10H2,1H3,(H,22,23,27). The third kappa shape index (κ3) is 3.92. The predicted octanol–water partition coefficient (Wildman–Crippen LogP) is 4.41. The van der Waals surface area contributed by atoms with Crippen LogP contribution in [0, 0.1) is 17.0 Å². The van der Waals surface area contributed by atoms with Crippen LogP contribution < -0.4 is 10.2 Å². The average Bonchev–Trinajstić information content (AvgIpc) is 3.37. The minimum absolute atomic E-state index is 0.0302. The van der Waals surface area contributed by atoms with Gasteiger partial charge in [0.1, 0.15) is 0 Å². The number of nitro benzene ring substituents is 1. The molecule has 1 N–H and O–H groups in total. The van der Waals surface area contributed by atoms with Crippen LogP contribution in [0.15, 0.2) is 47.8 Å². The van der Waals surface area contributed by atoms with E-state index in [0.29, 0.717) is 40.5 Å². The van der Waals surface area contributed by atoms with Crippen molar-refractivity contribution in [2.45, 2.75) is 19.8 Å². The van der Waals surface area contributed by atoms with Gasteiger partial charge in [0, 0.05) is 46.8 Å². The predicted molar refractivity (Wildman–Crippen MR) is 115 cm³/mol. The van der Waals surface area contributed by atoms with Gasteiger partial charge in [0.2, 0.25) is 5.91 Å². The Morgan fingerprint density at radius 2 is 2.00 bits per heavy atom. The Morgan fingerprint density at radius 1 is 1.23 bits per heavy atom. The molecule has 1 aliphatic heterocycles. The van der Waals surface area contributed by atoms with Crippen molar-refractivity contribution in [1.29, 1.82) is 0 Å². The van der Waals surface area contributed by atoms with Crippen LogP contribution in [0.2, 0.25) is 0 Å². The van der Waals surface area contributed by atoms with E-state index in [1.807, 2.05) is 0 Å². The number of carbonyl (C=O) groups is 2. The van der Waals surface area contributed by atoms with Gasteiger partial charge < -0.3 is 4.90 Å². The first-order valence-corrected chi connectivity index (χ1v) is 10.2. The van der Waals surface area contributed by atoms with E-state index in [1.54, 1.807) is 53.6 Å². The number of rotatable bonds is 5. The van der Waals surface area contributed by atoms with Gasteiger partial charge in [-0.3, -0.25) is 25.0 Å². The van der Waals surface area contributed by atoms with Gasteiger partial charge >= 0.3 is 0 Å². The maximum atomic E-state index is 12.5. The number of aryl methyl sites for hydroxylation is 1. The van der Waals surface area contributed by atoms with E-state index in [-0.39, 0.29) is 17.5 Å². The molecule has 1 fully saturated rings. The SMILES string of the molecule is Cc1ccc(-c2csc(NC(=O)c3ccc(N4CCCC4=O)cc3)n2)cc1[N+](=O)[O-]. The van der Waals surface area contributed by atoms with Crippen LogP contribution in [0.4, 0.5) is 16.5 Å². The number of nitrogens with one attached hydrogen (secondary N) is 1. The zero-order chi connectivity index (χ0) is 21.3. The second kappa shape index (κ2) is 8.03. The summed E-state index contributed by atoms with van der Waals surface area (Å²) in [5.74, 6) is -0.219. The van der Waals surface area contributed by atoms with Crippen molar-refractivity contribution in [2.75, 3.05) is 16.8 Å². The molecule has 0 aliphatic carbocycles. The number of carbonyl (C=O) groups excluding carboxylic acids is 2. The average molecular weight is 422 g/mol. The summed E-state index contributed by atoms with van der Waals surface area (Å²) in [6.45, 7) is 2.38. The van der Waals surface area contributed by atoms with Gasteiger partial charge in [-0.25, -0.2) is 4.98 Å². The third-order valence-electron chi connectivity index (χ3n) is 4.94. The highest BCUT2D eigenvalue weighted by molar-refractivity contribution is 7.14. The maximum Gasteiger partial charge on any atom is 0.272 e. The molecule has 0 bridgehead atoms. The molecule has 2 amide bonds. The summed E-state index contributed by atoms with van der Waals surface area (Å²) in [6, 6.07) is 11.8. The first kappa shape index (κ1) is 19.7. The molecule has 2 aromatic carbocycles. The zero-order valence-electron chi connectivity index (χ0n) is 16.1. The lowest BCUT2D eigenvalue weighted by Gasteiger charge is -2.15. The second-order valence-corrected chi connectivity index (χ2v) is 7.80. The van der Waals surface area contributed by atoms with Crippen LogP contribution in [-0.2, 0) is 4.79 Å². The summed E-state index contributed by atoms with van der Waals surface area (Å²) in [7, 11) is 0. The minimum Gasteiger partial charge on any atom is -0.312 e. The lowest BCUT2D eigenvalue weighted by Crippen LogP contribution is -2.23. The van der Waals surface area contributed by atoms with Crippen molar-refractivity contribution in [3.63, 3.8) is 0 Å². The van der Waals surface area contributed by atoms with Crippen molar-refractivity contribution in [2.24, 2.45) is 0 Å². The van der Waals surface area contributed by atoms with E-state index in [1.165, 1.54) is 17.4 Å². The second-order valence-electron chi connectivity index (χ2n) is 6.95. The molecule has 0 unspecified atom stereocenters. The minimum atomic E-state index is -0.423. The van der Waals surface area contributed by atoms with Crippen molar-refractivity contribution < 1.29 is 14.5 Å². The molecule has 152 valence electrons. The van der Waals surface area contributed by atoms with Crippen molar-refractivity contribution >= 4 is 39.7 Å². The lowest BCUT2D eigenvalue weighted by molar-refractivity contribution is -0.385. The lowest BCUT2D eigenvalue weighted by atomic mass is 10.1. The Balaban J connectivity index is 1.47. The monoisotopic (exact) mass is 422 g/mol. The highest BCUT2D eigenvalue weighted by atomic mass is 32.1. The highest BCUT2D eigenvalue weighted by Gasteiger charge is 2.22. The molecular weight excluding hydrogens is 404 g/mol. The molecule has 30 heavy (non-hydrogen) atoms. The molecule has 0 spiro atoms. The highest BCUT2D eigenvalue weighted by Crippen LogP contribution is 2.29. The molecule has 4 rings (SSSR count). The summed E-state index contributed by atoms with van der Waals surface area (Å²) in [6.07, 6.45) is 1.40. The number of nitro groups is 1. The number of hydrogen-bond donors (Lipinski definition) is 1. The van der Waals surface area contributed by atoms with Gasteiger partial charge in [0.15, 0.2) is 5.13 Å². The number of nitrogens with zero attached hydrogens (tertiary/aromatic N) is 3. The Hall–Kier alpha value is -3.59. The molecule has 0 atom stereocenters. The normalized spacial score (nSPS) is 13.5. The first-order valence-electron chi connectivity index (χ1n) is 9.35. The van der Waals surface area contributed by atoms with Crippen molar-refractivity contribution in [3.8, 4) is 11.3 Å². The number of anilines is 2. The van der Waals surface area contributed by atoms with Crippen LogP contribution in [0.5, 0.6) is 0 Å². The van der Waals surface area contributed by atoms with Crippen molar-refractivity contribution in [3.05, 3.63) is 69.1 Å². The molecule has 0 radical (unpaired) electrons. The largest absolute Gasteiger partial charge is 0.312 e. The van der Waals surface area contributed by atoms with Gasteiger partial charge in [-0.15, -0.1) is 11.3 Å². The molecule has 1 saturated heterocycles. The summed E-state index contributed by atoms with van der Waals surface area (Å²) in [5, 5.41) is 16.0. The van der Waals surface area contributed by atoms with Gasteiger partial charge in [0.05, 0.1) is 10.6 Å². The molecule has 2 heterocycles. The molecule has 0 saturated carbocycles. The molecule has 1 aliphatic rings. The summed E-state index contributed by atoms with van der Waals surface area (Å²) >= 11 is 1.24. The number of benzene rings is 2. The quantitative estimate of drug-likeness (QED) is 0.484. The number of thiazole rings is 1. The van der Waals surface area contributed by atoms with Crippen LogP contribution >= 0.6 is 11.3 Å². The van der Waals surface area contributed by atoms with E-state index < -0.39 is 4.92 Å². The molecule has 9 heteroatoms. The summed E-state index contributed by atoms with van der Waals surface area (Å²) in [5.41, 5.74) is 3.01. The van der Waals surface area contributed by atoms with Gasteiger partial charge in [-0.2, -0.15) is 0 Å². The first-order chi connectivity index (χ1) is 14.4. The van der Waals surface area contributed by atoms with E-state index in [0.717, 1.165) is 12.1 Å². The van der Waals surface area contributed by atoms with Gasteiger partial charge in [-0.05, 0) is 37.6 Å². The number of amides is 2. The van der Waals surface area contributed by atoms with Crippen LogP contribution in [0.1, 0.15) is 28.8 Å². The summed E-state index contributed by atoms with van der Waals surface area (Å²) < 4.78 is 0. The zero-order valence-corrected chi connectivity index (χ0v) is 16.9. The van der Waals surface area contributed by atoms with E-state index in [4.69, 9.17) is 0 Å². The fourth-order valence-corrected chi connectivity index (χ4v) is 4.03. The molecular formula is C21H18N4O4S. The smallest absolute Gasteiger partial charge is 0.272 e. The van der Waals surface area contributed by atoms with E-state index in [9.17, 15) is 19.7 Å². The number of hydrogen-bond acceptors (Lipinski definition) is 6. The van der Waals surface area contributed by atoms with Crippen LogP contribution in [-0.4, -0.2) is 28.3 Å². The number of aromatic nitrogens is 1. The van der Waals surface area contributed by atoms with Crippen LogP contribution in [0.25, 0.3) is 11.3 Å². The van der Waals surface area contributed by atoms with Gasteiger partial charge in [-0.1, -0.05) is 12.1 Å². The third-order valence-corrected chi connectivity index (χ3v) is 5.70. The van der Waals surface area contributed by atoms with Crippen molar-refractivity contribution in [1.82, 2.24) is 4.98 Å². The topological polar surface area (TPSA) is 105 Å².